The van der Waals surface area contributed by atoms with Crippen molar-refractivity contribution in [2.45, 2.75) is 51.0 Å². The van der Waals surface area contributed by atoms with Crippen LogP contribution in [0, 0.1) is 0 Å². The minimum Gasteiger partial charge on any atom is -0.314 e. The monoisotopic (exact) mass is 325 g/mol. The zero-order valence-electron chi connectivity index (χ0n) is 13.0. The zero-order chi connectivity index (χ0) is 12.6. The van der Waals surface area contributed by atoms with Gasteiger partial charge in [0.2, 0.25) is 0 Å². The summed E-state index contributed by atoms with van der Waals surface area (Å²) >= 11 is 0. The van der Waals surface area contributed by atoms with E-state index in [1.54, 1.807) is 0 Å². The first-order valence-corrected chi connectivity index (χ1v) is 7.99. The third kappa shape index (κ3) is 7.46. The lowest BCUT2D eigenvalue weighted by Crippen LogP contribution is -2.47. The van der Waals surface area contributed by atoms with Crippen LogP contribution in [0.15, 0.2) is 0 Å². The van der Waals surface area contributed by atoms with Crippen molar-refractivity contribution in [2.75, 3.05) is 46.3 Å². The molecular weight excluding hydrogens is 293 g/mol. The number of hydrogen-bond acceptors (Lipinski definition) is 3. The van der Waals surface area contributed by atoms with Crippen molar-refractivity contribution < 1.29 is 0 Å². The van der Waals surface area contributed by atoms with Crippen molar-refractivity contribution in [3.63, 3.8) is 0 Å². The van der Waals surface area contributed by atoms with E-state index in [1.165, 1.54) is 84.2 Å². The second kappa shape index (κ2) is 12.0. The SMILES string of the molecule is CN(CCN1CCNCC1)C1CCCCCCC1.Cl.Cl. The first-order chi connectivity index (χ1) is 8.86. The Kier molecular flexibility index (Phi) is 12.3. The molecule has 2 aliphatic rings. The fourth-order valence-electron chi connectivity index (χ4n) is 3.29. The Morgan fingerprint density at radius 2 is 1.50 bits per heavy atom. The van der Waals surface area contributed by atoms with E-state index in [2.05, 4.69) is 22.2 Å². The van der Waals surface area contributed by atoms with Crippen molar-refractivity contribution in [3.05, 3.63) is 0 Å². The predicted molar refractivity (Wildman–Crippen MR) is 92.5 cm³/mol. The van der Waals surface area contributed by atoms with Gasteiger partial charge < -0.3 is 10.2 Å². The molecule has 1 N–H and O–H groups in total. The molecule has 1 saturated carbocycles. The van der Waals surface area contributed by atoms with Gasteiger partial charge in [0.05, 0.1) is 0 Å². The van der Waals surface area contributed by atoms with Crippen molar-refractivity contribution in [2.24, 2.45) is 0 Å². The molecule has 0 unspecified atom stereocenters. The van der Waals surface area contributed by atoms with Crippen LogP contribution < -0.4 is 5.32 Å². The standard InChI is InChI=1S/C15H31N3.2ClH/c1-17(13-14-18-11-9-16-10-12-18)15-7-5-3-2-4-6-8-15;;/h15-16H,2-14H2,1H3;2*1H. The van der Waals surface area contributed by atoms with Crippen LogP contribution in [-0.4, -0.2) is 62.2 Å². The molecule has 5 heteroatoms. The molecule has 0 amide bonds. The van der Waals surface area contributed by atoms with E-state index in [1.807, 2.05) is 0 Å². The largest absolute Gasteiger partial charge is 0.314 e. The lowest BCUT2D eigenvalue weighted by molar-refractivity contribution is 0.159. The second-order valence-electron chi connectivity index (χ2n) is 6.07. The number of nitrogens with one attached hydrogen (secondary N) is 1. The fraction of sp³-hybridized carbons (Fsp3) is 1.00. The predicted octanol–water partition coefficient (Wildman–Crippen LogP) is 2.78. The molecule has 3 nitrogen and oxygen atoms in total. The molecule has 0 spiro atoms. The van der Waals surface area contributed by atoms with Crippen molar-refractivity contribution >= 4 is 24.8 Å². The maximum absolute atomic E-state index is 3.43. The Labute approximate surface area is 137 Å². The third-order valence-electron chi connectivity index (χ3n) is 4.68. The van der Waals surface area contributed by atoms with Gasteiger partial charge in [-0.25, -0.2) is 0 Å². The summed E-state index contributed by atoms with van der Waals surface area (Å²) in [5, 5.41) is 3.43. The van der Waals surface area contributed by atoms with E-state index in [9.17, 15) is 0 Å². The topological polar surface area (TPSA) is 18.5 Å². The van der Waals surface area contributed by atoms with Crippen molar-refractivity contribution in [1.29, 1.82) is 0 Å². The molecule has 1 heterocycles. The zero-order valence-corrected chi connectivity index (χ0v) is 14.6. The molecular formula is C15H33Cl2N3. The van der Waals surface area contributed by atoms with Crippen LogP contribution in [0.1, 0.15) is 44.9 Å². The summed E-state index contributed by atoms with van der Waals surface area (Å²) in [5.74, 6) is 0. The van der Waals surface area contributed by atoms with Gasteiger partial charge in [-0.05, 0) is 19.9 Å². The molecule has 0 aromatic heterocycles. The Bertz CT molecular complexity index is 215. The third-order valence-corrected chi connectivity index (χ3v) is 4.68. The van der Waals surface area contributed by atoms with E-state index in [-0.39, 0.29) is 24.8 Å². The minimum absolute atomic E-state index is 0. The molecule has 122 valence electrons. The summed E-state index contributed by atoms with van der Waals surface area (Å²) < 4.78 is 0. The Hall–Kier alpha value is 0.460. The number of piperazine rings is 1. The summed E-state index contributed by atoms with van der Waals surface area (Å²) in [6.45, 7) is 7.33. The summed E-state index contributed by atoms with van der Waals surface area (Å²) in [4.78, 5) is 5.24. The molecule has 2 rings (SSSR count). The van der Waals surface area contributed by atoms with Crippen LogP contribution in [0.5, 0.6) is 0 Å². The van der Waals surface area contributed by atoms with E-state index in [4.69, 9.17) is 0 Å². The summed E-state index contributed by atoms with van der Waals surface area (Å²) in [6.07, 6.45) is 10.1. The van der Waals surface area contributed by atoms with E-state index < -0.39 is 0 Å². The van der Waals surface area contributed by atoms with Crippen molar-refractivity contribution in [1.82, 2.24) is 15.1 Å². The molecule has 1 aliphatic heterocycles. The number of likely N-dealkylation sites (N-methyl/N-ethyl adjacent to an activating group) is 1. The summed E-state index contributed by atoms with van der Waals surface area (Å²) in [5.41, 5.74) is 0. The van der Waals surface area contributed by atoms with Crippen molar-refractivity contribution in [3.8, 4) is 0 Å². The van der Waals surface area contributed by atoms with Crippen LogP contribution in [0.25, 0.3) is 0 Å². The molecule has 20 heavy (non-hydrogen) atoms. The van der Waals surface area contributed by atoms with E-state index in [0.717, 1.165) is 6.04 Å². The fourth-order valence-corrected chi connectivity index (χ4v) is 3.29. The van der Waals surface area contributed by atoms with Gasteiger partial charge in [0.25, 0.3) is 0 Å². The highest BCUT2D eigenvalue weighted by molar-refractivity contribution is 5.85. The maximum Gasteiger partial charge on any atom is 0.0110 e. The van der Waals surface area contributed by atoms with E-state index >= 15 is 0 Å². The van der Waals surface area contributed by atoms with Crippen LogP contribution in [0.3, 0.4) is 0 Å². The van der Waals surface area contributed by atoms with Crippen LogP contribution in [-0.2, 0) is 0 Å². The molecule has 1 saturated heterocycles. The summed E-state index contributed by atoms with van der Waals surface area (Å²) in [6, 6.07) is 0.855. The minimum atomic E-state index is 0. The van der Waals surface area contributed by atoms with Gasteiger partial charge >= 0.3 is 0 Å². The number of rotatable bonds is 4. The van der Waals surface area contributed by atoms with Crippen LogP contribution in [0.4, 0.5) is 0 Å². The second-order valence-corrected chi connectivity index (χ2v) is 6.07. The highest BCUT2D eigenvalue weighted by Gasteiger charge is 2.17. The Morgan fingerprint density at radius 1 is 0.950 bits per heavy atom. The van der Waals surface area contributed by atoms with Gasteiger partial charge in [-0.3, -0.25) is 4.90 Å². The molecule has 0 aromatic carbocycles. The van der Waals surface area contributed by atoms with Gasteiger partial charge in [0.15, 0.2) is 0 Å². The van der Waals surface area contributed by atoms with Gasteiger partial charge in [0.1, 0.15) is 0 Å². The quantitative estimate of drug-likeness (QED) is 0.857. The maximum atomic E-state index is 3.43. The van der Waals surface area contributed by atoms with Gasteiger partial charge in [-0.1, -0.05) is 32.1 Å². The number of hydrogen-bond donors (Lipinski definition) is 1. The Morgan fingerprint density at radius 3 is 2.10 bits per heavy atom. The molecule has 0 aromatic rings. The molecule has 2 fully saturated rings. The highest BCUT2D eigenvalue weighted by atomic mass is 35.5. The molecule has 0 atom stereocenters. The average Bonchev–Trinajstić information content (AvgIpc) is 2.37. The van der Waals surface area contributed by atoms with E-state index in [0.29, 0.717) is 0 Å². The number of halogens is 2. The van der Waals surface area contributed by atoms with Gasteiger partial charge in [0, 0.05) is 45.3 Å². The molecule has 1 aliphatic carbocycles. The summed E-state index contributed by atoms with van der Waals surface area (Å²) in [7, 11) is 2.34. The normalized spacial score (nSPS) is 22.5. The first kappa shape index (κ1) is 20.5. The Balaban J connectivity index is 0.00000180. The van der Waals surface area contributed by atoms with Crippen LogP contribution in [0.2, 0.25) is 0 Å². The van der Waals surface area contributed by atoms with Gasteiger partial charge in [-0.2, -0.15) is 0 Å². The molecule has 0 radical (unpaired) electrons. The number of nitrogens with zero attached hydrogens (tertiary/aromatic N) is 2. The lowest BCUT2D eigenvalue weighted by atomic mass is 9.96. The first-order valence-electron chi connectivity index (χ1n) is 7.99. The van der Waals surface area contributed by atoms with Gasteiger partial charge in [-0.15, -0.1) is 24.8 Å². The smallest absolute Gasteiger partial charge is 0.0110 e. The highest BCUT2D eigenvalue weighted by Crippen LogP contribution is 2.20. The van der Waals surface area contributed by atoms with Crippen LogP contribution >= 0.6 is 24.8 Å². The molecule has 0 bridgehead atoms. The lowest BCUT2D eigenvalue weighted by Gasteiger charge is -2.33. The average molecular weight is 326 g/mol.